The van der Waals surface area contributed by atoms with E-state index in [0.717, 1.165) is 11.3 Å². The fourth-order valence-electron chi connectivity index (χ4n) is 3.82. The van der Waals surface area contributed by atoms with E-state index in [0.29, 0.717) is 12.1 Å². The van der Waals surface area contributed by atoms with Gasteiger partial charge in [-0.3, -0.25) is 0 Å². The highest BCUT2D eigenvalue weighted by atomic mass is 35.5. The molecule has 0 spiro atoms. The zero-order chi connectivity index (χ0) is 22.0. The summed E-state index contributed by atoms with van der Waals surface area (Å²) < 4.78 is 14.8. The SMILES string of the molecule is O=C(O)[C@H](Cc1ccccc1)NC(=O)N1CCc2[nH]cnc2C1c1ccc(Cl)cc1F. The third kappa shape index (κ3) is 4.39. The van der Waals surface area contributed by atoms with Crippen LogP contribution in [0.5, 0.6) is 0 Å². The molecule has 1 unspecified atom stereocenters. The topological polar surface area (TPSA) is 98.3 Å². The Kier molecular flexibility index (Phi) is 5.90. The van der Waals surface area contributed by atoms with Gasteiger partial charge >= 0.3 is 12.0 Å². The minimum atomic E-state index is -1.15. The van der Waals surface area contributed by atoms with Crippen molar-refractivity contribution in [2.45, 2.75) is 24.9 Å². The Balaban J connectivity index is 1.63. The van der Waals surface area contributed by atoms with Crippen molar-refractivity contribution in [1.82, 2.24) is 20.2 Å². The van der Waals surface area contributed by atoms with Gasteiger partial charge < -0.3 is 20.3 Å². The van der Waals surface area contributed by atoms with Crippen LogP contribution in [0.1, 0.15) is 28.6 Å². The third-order valence-electron chi connectivity index (χ3n) is 5.32. The molecular formula is C22H20ClFN4O3. The number of imidazole rings is 1. The van der Waals surface area contributed by atoms with Crippen molar-refractivity contribution in [3.05, 3.63) is 88.2 Å². The molecule has 0 saturated carbocycles. The summed E-state index contributed by atoms with van der Waals surface area (Å²) in [7, 11) is 0. The molecule has 7 nitrogen and oxygen atoms in total. The molecule has 1 aromatic heterocycles. The molecular weight excluding hydrogens is 423 g/mol. The minimum absolute atomic E-state index is 0.128. The number of carboxylic acid groups (broad SMARTS) is 1. The molecule has 0 radical (unpaired) electrons. The number of fused-ring (bicyclic) bond motifs is 1. The summed E-state index contributed by atoms with van der Waals surface area (Å²) in [4.78, 5) is 33.7. The van der Waals surface area contributed by atoms with Crippen LogP contribution in [0.15, 0.2) is 54.9 Å². The van der Waals surface area contributed by atoms with E-state index in [1.807, 2.05) is 6.07 Å². The molecule has 3 aromatic rings. The van der Waals surface area contributed by atoms with Crippen molar-refractivity contribution in [3.8, 4) is 0 Å². The van der Waals surface area contributed by atoms with Gasteiger partial charge in [0.05, 0.1) is 12.0 Å². The van der Waals surface area contributed by atoms with Crippen LogP contribution in [-0.2, 0) is 17.6 Å². The Bertz CT molecular complexity index is 1110. The van der Waals surface area contributed by atoms with E-state index in [2.05, 4.69) is 15.3 Å². The van der Waals surface area contributed by atoms with Gasteiger partial charge in [0.1, 0.15) is 17.9 Å². The number of nitrogens with zero attached hydrogens (tertiary/aromatic N) is 2. The molecule has 3 N–H and O–H groups in total. The van der Waals surface area contributed by atoms with Gasteiger partial charge in [0, 0.05) is 35.7 Å². The van der Waals surface area contributed by atoms with E-state index in [-0.39, 0.29) is 23.6 Å². The van der Waals surface area contributed by atoms with Crippen LogP contribution < -0.4 is 5.32 Å². The average molecular weight is 443 g/mol. The lowest BCUT2D eigenvalue weighted by molar-refractivity contribution is -0.139. The fraction of sp³-hybridized carbons (Fsp3) is 0.227. The molecule has 1 aliphatic rings. The quantitative estimate of drug-likeness (QED) is 0.562. The number of H-pyrrole nitrogens is 1. The Labute approximate surface area is 182 Å². The smallest absolute Gasteiger partial charge is 0.326 e. The predicted molar refractivity (Wildman–Crippen MR) is 112 cm³/mol. The maximum Gasteiger partial charge on any atom is 0.326 e. The van der Waals surface area contributed by atoms with Crippen molar-refractivity contribution in [2.75, 3.05) is 6.54 Å². The molecule has 0 fully saturated rings. The van der Waals surface area contributed by atoms with E-state index in [9.17, 15) is 19.1 Å². The minimum Gasteiger partial charge on any atom is -0.480 e. The second-order valence-corrected chi connectivity index (χ2v) is 7.74. The monoisotopic (exact) mass is 442 g/mol. The number of urea groups is 1. The number of rotatable bonds is 5. The summed E-state index contributed by atoms with van der Waals surface area (Å²) in [6.07, 6.45) is 2.12. The number of benzene rings is 2. The average Bonchev–Trinajstić information content (AvgIpc) is 3.22. The first-order valence-corrected chi connectivity index (χ1v) is 10.1. The zero-order valence-corrected chi connectivity index (χ0v) is 17.1. The maximum absolute atomic E-state index is 14.8. The predicted octanol–water partition coefficient (Wildman–Crippen LogP) is 3.56. The van der Waals surface area contributed by atoms with Crippen LogP contribution >= 0.6 is 11.6 Å². The summed E-state index contributed by atoms with van der Waals surface area (Å²) in [5.41, 5.74) is 2.35. The second kappa shape index (κ2) is 8.77. The Morgan fingerprint density at radius 3 is 2.77 bits per heavy atom. The van der Waals surface area contributed by atoms with E-state index in [4.69, 9.17) is 11.6 Å². The number of carboxylic acids is 1. The number of aliphatic carboxylic acids is 1. The molecule has 1 aliphatic heterocycles. The molecule has 0 aliphatic carbocycles. The molecule has 0 bridgehead atoms. The standard InChI is InChI=1S/C22H20ClFN4O3/c23-14-6-7-15(16(24)11-14)20-19-17(25-12-26-19)8-9-28(20)22(31)27-18(21(29)30)10-13-4-2-1-3-5-13/h1-7,11-12,18,20H,8-10H2,(H,25,26)(H,27,31)(H,29,30)/t18-,20?/m0/s1. The van der Waals surface area contributed by atoms with E-state index < -0.39 is 29.9 Å². The van der Waals surface area contributed by atoms with Crippen LogP contribution in [0, 0.1) is 5.82 Å². The number of halogens is 2. The first-order chi connectivity index (χ1) is 14.9. The van der Waals surface area contributed by atoms with Crippen molar-refractivity contribution in [2.24, 2.45) is 0 Å². The number of aromatic amines is 1. The van der Waals surface area contributed by atoms with Crippen LogP contribution in [0.3, 0.4) is 0 Å². The van der Waals surface area contributed by atoms with Crippen LogP contribution in [0.4, 0.5) is 9.18 Å². The first kappa shape index (κ1) is 20.9. The fourth-order valence-corrected chi connectivity index (χ4v) is 3.97. The van der Waals surface area contributed by atoms with Gasteiger partial charge in [0.25, 0.3) is 0 Å². The number of nitrogens with one attached hydrogen (secondary N) is 2. The van der Waals surface area contributed by atoms with Crippen molar-refractivity contribution >= 4 is 23.6 Å². The Morgan fingerprint density at radius 1 is 1.29 bits per heavy atom. The normalized spacial score (nSPS) is 16.5. The molecule has 160 valence electrons. The summed E-state index contributed by atoms with van der Waals surface area (Å²) in [6, 6.07) is 10.7. The maximum atomic E-state index is 14.8. The first-order valence-electron chi connectivity index (χ1n) is 9.75. The Morgan fingerprint density at radius 2 is 2.06 bits per heavy atom. The number of hydrogen-bond donors (Lipinski definition) is 3. The van der Waals surface area contributed by atoms with Crippen LogP contribution in [-0.4, -0.2) is 44.6 Å². The molecule has 4 rings (SSSR count). The Hall–Kier alpha value is -3.39. The van der Waals surface area contributed by atoms with Crippen molar-refractivity contribution in [3.63, 3.8) is 0 Å². The zero-order valence-electron chi connectivity index (χ0n) is 16.4. The molecule has 0 saturated heterocycles. The molecule has 2 heterocycles. The van der Waals surface area contributed by atoms with Gasteiger partial charge in [-0.2, -0.15) is 0 Å². The van der Waals surface area contributed by atoms with E-state index >= 15 is 0 Å². The largest absolute Gasteiger partial charge is 0.480 e. The van der Waals surface area contributed by atoms with Crippen molar-refractivity contribution < 1.29 is 19.1 Å². The van der Waals surface area contributed by atoms with Gasteiger partial charge in [-0.05, 0) is 17.7 Å². The summed E-state index contributed by atoms with van der Waals surface area (Å²) >= 11 is 5.89. The summed E-state index contributed by atoms with van der Waals surface area (Å²) in [5, 5.41) is 12.5. The highest BCUT2D eigenvalue weighted by Gasteiger charge is 2.37. The second-order valence-electron chi connectivity index (χ2n) is 7.31. The van der Waals surface area contributed by atoms with Gasteiger partial charge in [-0.1, -0.05) is 48.0 Å². The molecule has 31 heavy (non-hydrogen) atoms. The van der Waals surface area contributed by atoms with Gasteiger partial charge in [-0.25, -0.2) is 19.0 Å². The van der Waals surface area contributed by atoms with E-state index in [1.54, 1.807) is 30.3 Å². The van der Waals surface area contributed by atoms with E-state index in [1.165, 1.54) is 23.4 Å². The lowest BCUT2D eigenvalue weighted by Gasteiger charge is -2.36. The highest BCUT2D eigenvalue weighted by molar-refractivity contribution is 6.30. The lowest BCUT2D eigenvalue weighted by Crippen LogP contribution is -2.52. The number of amides is 2. The number of aromatic nitrogens is 2. The molecule has 2 amide bonds. The molecule has 9 heteroatoms. The van der Waals surface area contributed by atoms with Crippen LogP contribution in [0.25, 0.3) is 0 Å². The third-order valence-corrected chi connectivity index (χ3v) is 5.56. The molecule has 2 aromatic carbocycles. The van der Waals surface area contributed by atoms with Gasteiger partial charge in [0.15, 0.2) is 0 Å². The number of carbonyl (C=O) groups is 2. The number of hydrogen-bond acceptors (Lipinski definition) is 3. The van der Waals surface area contributed by atoms with Gasteiger partial charge in [-0.15, -0.1) is 0 Å². The highest BCUT2D eigenvalue weighted by Crippen LogP contribution is 2.35. The summed E-state index contributed by atoms with van der Waals surface area (Å²) in [5.74, 6) is -1.71. The molecule has 2 atom stereocenters. The lowest BCUT2D eigenvalue weighted by atomic mass is 9.95. The van der Waals surface area contributed by atoms with Crippen LogP contribution in [0.2, 0.25) is 5.02 Å². The van der Waals surface area contributed by atoms with Gasteiger partial charge in [0.2, 0.25) is 0 Å². The summed E-state index contributed by atoms with van der Waals surface area (Å²) in [6.45, 7) is 0.269. The number of carbonyl (C=O) groups excluding carboxylic acids is 1. The van der Waals surface area contributed by atoms with Crippen molar-refractivity contribution in [1.29, 1.82) is 0 Å².